The van der Waals surface area contributed by atoms with E-state index >= 15 is 0 Å². The zero-order valence-corrected chi connectivity index (χ0v) is 21.3. The topological polar surface area (TPSA) is 94.6 Å². The number of nitrogens with zero attached hydrogens (tertiary/aromatic N) is 2. The molecule has 8 heteroatoms. The van der Waals surface area contributed by atoms with Gasteiger partial charge in [0.15, 0.2) is 0 Å². The molecule has 2 atom stereocenters. The lowest BCUT2D eigenvalue weighted by Gasteiger charge is -2.33. The predicted octanol–water partition coefficient (Wildman–Crippen LogP) is 4.43. The summed E-state index contributed by atoms with van der Waals surface area (Å²) in [6.45, 7) is 3.44. The number of aliphatic carboxylic acids is 1. The number of carboxylic acids is 1. The first-order chi connectivity index (χ1) is 18.0. The quantitative estimate of drug-likeness (QED) is 0.440. The van der Waals surface area contributed by atoms with Crippen LogP contribution in [0.2, 0.25) is 0 Å². The summed E-state index contributed by atoms with van der Waals surface area (Å²) in [6, 6.07) is 8.35. The summed E-state index contributed by atoms with van der Waals surface area (Å²) in [5.41, 5.74) is 3.68. The van der Waals surface area contributed by atoms with Gasteiger partial charge in [-0.1, -0.05) is 18.2 Å². The number of carbonyl (C=O) groups excluding carboxylic acids is 1. The van der Waals surface area contributed by atoms with Crippen LogP contribution in [-0.4, -0.2) is 53.0 Å². The predicted molar refractivity (Wildman–Crippen MR) is 140 cm³/mol. The largest absolute Gasteiger partial charge is 0.481 e. The van der Waals surface area contributed by atoms with Crippen LogP contribution in [0, 0.1) is 11.7 Å². The van der Waals surface area contributed by atoms with Crippen molar-refractivity contribution < 1.29 is 19.1 Å². The number of hydrogen-bond donors (Lipinski definition) is 3. The molecule has 5 rings (SSSR count). The zero-order valence-electron chi connectivity index (χ0n) is 21.3. The number of anilines is 1. The van der Waals surface area contributed by atoms with Crippen molar-refractivity contribution in [1.29, 1.82) is 0 Å². The highest BCUT2D eigenvalue weighted by Crippen LogP contribution is 2.41. The highest BCUT2D eigenvalue weighted by Gasteiger charge is 2.30. The van der Waals surface area contributed by atoms with Gasteiger partial charge in [0.25, 0.3) is 0 Å². The van der Waals surface area contributed by atoms with Gasteiger partial charge in [0.2, 0.25) is 5.91 Å². The van der Waals surface area contributed by atoms with Crippen molar-refractivity contribution >= 4 is 17.7 Å². The molecule has 198 valence electrons. The van der Waals surface area contributed by atoms with Crippen molar-refractivity contribution in [1.82, 2.24) is 15.2 Å². The maximum atomic E-state index is 14.7. The lowest BCUT2D eigenvalue weighted by atomic mass is 9.94. The third kappa shape index (κ3) is 6.66. The van der Waals surface area contributed by atoms with Crippen LogP contribution in [-0.2, 0) is 22.4 Å². The summed E-state index contributed by atoms with van der Waals surface area (Å²) in [7, 11) is 0. The lowest BCUT2D eigenvalue weighted by molar-refractivity contribution is -0.138. The Hall–Kier alpha value is -3.00. The molecule has 3 heterocycles. The highest BCUT2D eigenvalue weighted by atomic mass is 19.1. The summed E-state index contributed by atoms with van der Waals surface area (Å²) in [5.74, 6) is -0.501. The van der Waals surface area contributed by atoms with Crippen LogP contribution < -0.4 is 10.6 Å². The average molecular weight is 509 g/mol. The molecule has 0 spiro atoms. The molecule has 1 unspecified atom stereocenters. The fourth-order valence-corrected chi connectivity index (χ4v) is 5.67. The van der Waals surface area contributed by atoms with Gasteiger partial charge in [-0.05, 0) is 93.6 Å². The normalized spacial score (nSPS) is 20.5. The molecule has 2 aliphatic heterocycles. The van der Waals surface area contributed by atoms with E-state index in [1.54, 1.807) is 12.1 Å². The maximum Gasteiger partial charge on any atom is 0.305 e. The summed E-state index contributed by atoms with van der Waals surface area (Å²) in [4.78, 5) is 31.9. The molecule has 1 aromatic heterocycles. The van der Waals surface area contributed by atoms with E-state index in [-0.39, 0.29) is 23.8 Å². The minimum Gasteiger partial charge on any atom is -0.481 e. The summed E-state index contributed by atoms with van der Waals surface area (Å²) in [5, 5.41) is 15.7. The Bertz CT molecular complexity index is 1140. The molecule has 0 radical (unpaired) electrons. The molecule has 1 saturated heterocycles. The van der Waals surface area contributed by atoms with E-state index in [2.05, 4.69) is 27.7 Å². The number of amides is 1. The summed E-state index contributed by atoms with van der Waals surface area (Å²) >= 11 is 0. The van der Waals surface area contributed by atoms with Crippen LogP contribution in [0.15, 0.2) is 30.3 Å². The van der Waals surface area contributed by atoms with Crippen molar-refractivity contribution in [2.24, 2.45) is 5.92 Å². The van der Waals surface area contributed by atoms with E-state index in [4.69, 9.17) is 4.98 Å². The Morgan fingerprint density at radius 3 is 2.86 bits per heavy atom. The molecule has 3 aliphatic rings. The second-order valence-corrected chi connectivity index (χ2v) is 10.8. The monoisotopic (exact) mass is 508 g/mol. The van der Waals surface area contributed by atoms with E-state index in [9.17, 15) is 19.1 Å². The van der Waals surface area contributed by atoms with Crippen molar-refractivity contribution in [3.63, 3.8) is 0 Å². The van der Waals surface area contributed by atoms with E-state index in [0.29, 0.717) is 12.5 Å². The number of benzene rings is 1. The van der Waals surface area contributed by atoms with Crippen LogP contribution in [0.4, 0.5) is 10.2 Å². The van der Waals surface area contributed by atoms with Gasteiger partial charge < -0.3 is 20.6 Å². The summed E-state index contributed by atoms with van der Waals surface area (Å²) < 4.78 is 14.7. The number of halogens is 1. The zero-order chi connectivity index (χ0) is 25.8. The molecule has 1 saturated carbocycles. The Labute approximate surface area is 217 Å². The van der Waals surface area contributed by atoms with Gasteiger partial charge in [0.05, 0.1) is 18.4 Å². The van der Waals surface area contributed by atoms with Gasteiger partial charge in [-0.15, -0.1) is 0 Å². The summed E-state index contributed by atoms with van der Waals surface area (Å²) in [6.07, 6.45) is 7.54. The van der Waals surface area contributed by atoms with Gasteiger partial charge in [-0.25, -0.2) is 9.37 Å². The van der Waals surface area contributed by atoms with Crippen LogP contribution in [0.5, 0.6) is 0 Å². The third-order valence-corrected chi connectivity index (χ3v) is 7.87. The molecular weight excluding hydrogens is 471 g/mol. The van der Waals surface area contributed by atoms with Gasteiger partial charge in [0, 0.05) is 24.3 Å². The van der Waals surface area contributed by atoms with Crippen LogP contribution in [0.3, 0.4) is 0 Å². The van der Waals surface area contributed by atoms with E-state index < -0.39 is 17.8 Å². The van der Waals surface area contributed by atoms with Gasteiger partial charge in [0.1, 0.15) is 11.6 Å². The van der Waals surface area contributed by atoms with Crippen molar-refractivity contribution in [2.75, 3.05) is 31.5 Å². The van der Waals surface area contributed by atoms with Crippen LogP contribution >= 0.6 is 0 Å². The number of piperidine rings is 1. The number of fused-ring (bicyclic) bond motifs is 1. The van der Waals surface area contributed by atoms with Gasteiger partial charge in [-0.3, -0.25) is 9.59 Å². The fraction of sp³-hybridized carbons (Fsp3) is 0.552. The number of carboxylic acid groups (broad SMARTS) is 1. The van der Waals surface area contributed by atoms with Crippen LogP contribution in [0.1, 0.15) is 79.3 Å². The second-order valence-electron chi connectivity index (χ2n) is 10.8. The molecular formula is C29H37FN4O3. The fourth-order valence-electron chi connectivity index (χ4n) is 5.67. The molecule has 0 bridgehead atoms. The maximum absolute atomic E-state index is 14.7. The molecule has 1 aliphatic carbocycles. The van der Waals surface area contributed by atoms with Gasteiger partial charge in [-0.2, -0.15) is 0 Å². The van der Waals surface area contributed by atoms with Crippen LogP contribution in [0.25, 0.3) is 0 Å². The lowest BCUT2D eigenvalue weighted by Crippen LogP contribution is -2.44. The molecule has 2 fully saturated rings. The number of rotatable bonds is 10. The number of aryl methyl sites for hydroxylation is 2. The molecule has 37 heavy (non-hydrogen) atoms. The Morgan fingerprint density at radius 1 is 1.19 bits per heavy atom. The van der Waals surface area contributed by atoms with Crippen molar-refractivity contribution in [3.8, 4) is 0 Å². The number of pyridine rings is 1. The van der Waals surface area contributed by atoms with E-state index in [1.165, 1.54) is 11.6 Å². The Kier molecular flexibility index (Phi) is 8.03. The molecule has 3 N–H and O–H groups in total. The number of aromatic nitrogens is 1. The minimum atomic E-state index is -1.06. The first-order valence-electron chi connectivity index (χ1n) is 13.7. The SMILES string of the molecule is O=C(O)CC(NC(=O)[C@@H]1CCCN(CCCc2ccc3c(n2)NCCC3)C1)c1cc(C2CC2)ccc1F. The number of nitrogens with one attached hydrogen (secondary N) is 2. The highest BCUT2D eigenvalue weighted by molar-refractivity contribution is 5.80. The van der Waals surface area contributed by atoms with E-state index in [0.717, 1.165) is 88.1 Å². The number of carbonyl (C=O) groups is 2. The first-order valence-corrected chi connectivity index (χ1v) is 13.7. The van der Waals surface area contributed by atoms with Crippen molar-refractivity contribution in [2.45, 2.75) is 69.7 Å². The Morgan fingerprint density at radius 2 is 2.05 bits per heavy atom. The first kappa shape index (κ1) is 25.6. The smallest absolute Gasteiger partial charge is 0.305 e. The van der Waals surface area contributed by atoms with Gasteiger partial charge >= 0.3 is 5.97 Å². The molecule has 7 nitrogen and oxygen atoms in total. The molecule has 1 amide bonds. The number of likely N-dealkylation sites (tertiary alicyclic amines) is 1. The van der Waals surface area contributed by atoms with E-state index in [1.807, 2.05) is 0 Å². The number of hydrogen-bond acceptors (Lipinski definition) is 5. The Balaban J connectivity index is 1.16. The molecule has 1 aromatic carbocycles. The third-order valence-electron chi connectivity index (χ3n) is 7.87. The molecule has 2 aromatic rings. The standard InChI is InChI=1S/C29H37FN4O3/c30-25-12-10-21(19-7-8-19)16-24(25)26(17-27(35)36)33-29(37)22-5-2-14-34(18-22)15-3-6-23-11-9-20-4-1-13-31-28(20)32-23/h9-12,16,19,22,26H,1-8,13-15,17-18H2,(H,31,32)(H,33,37)(H,35,36)/t22-,26?/m1/s1. The second kappa shape index (κ2) is 11.6. The average Bonchev–Trinajstić information content (AvgIpc) is 3.74. The minimum absolute atomic E-state index is 0.186. The van der Waals surface area contributed by atoms with Crippen molar-refractivity contribution in [3.05, 3.63) is 58.5 Å².